The number of carbonyl (C=O) groups excluding carboxylic acids is 1. The van der Waals surface area contributed by atoms with E-state index in [1.54, 1.807) is 30.3 Å². The first kappa shape index (κ1) is 21.8. The van der Waals surface area contributed by atoms with Gasteiger partial charge in [-0.25, -0.2) is 0 Å². The summed E-state index contributed by atoms with van der Waals surface area (Å²) in [7, 11) is -2.06. The molecule has 5 rings (SSSR count). The number of rotatable bonds is 5. The summed E-state index contributed by atoms with van der Waals surface area (Å²) in [4.78, 5) is 14.8. The predicted molar refractivity (Wildman–Crippen MR) is 130 cm³/mol. The average molecular weight is 475 g/mol. The van der Waals surface area contributed by atoms with E-state index in [0.717, 1.165) is 18.5 Å². The molecule has 1 amide bonds. The zero-order chi connectivity index (χ0) is 23.7. The summed E-state index contributed by atoms with van der Waals surface area (Å²) < 4.78 is 35.1. The average Bonchev–Trinajstić information content (AvgIpc) is 3.45. The van der Waals surface area contributed by atoms with Gasteiger partial charge in [0.2, 0.25) is 0 Å². The second kappa shape index (κ2) is 8.75. The number of hydrogen-bond donors (Lipinski definition) is 1. The van der Waals surface area contributed by atoms with Crippen LogP contribution < -0.4 is 5.32 Å². The van der Waals surface area contributed by atoms with E-state index >= 15 is 0 Å². The molecule has 4 aromatic rings. The fourth-order valence-corrected chi connectivity index (χ4v) is 5.06. The highest BCUT2D eigenvalue weighted by Gasteiger charge is 2.21. The van der Waals surface area contributed by atoms with Crippen molar-refractivity contribution in [3.05, 3.63) is 78.4 Å². The van der Waals surface area contributed by atoms with Crippen molar-refractivity contribution in [2.75, 3.05) is 18.9 Å². The Kier molecular flexibility index (Phi) is 5.62. The number of anilines is 1. The van der Waals surface area contributed by atoms with Crippen LogP contribution in [0.4, 0.5) is 5.69 Å². The van der Waals surface area contributed by atoms with Crippen molar-refractivity contribution in [2.45, 2.75) is 17.7 Å². The van der Waals surface area contributed by atoms with Gasteiger partial charge < -0.3 is 14.7 Å². The number of sulfonamides is 1. The Morgan fingerprint density at radius 3 is 2.65 bits per heavy atom. The van der Waals surface area contributed by atoms with Gasteiger partial charge in [-0.3, -0.25) is 4.79 Å². The number of amidine groups is 1. The summed E-state index contributed by atoms with van der Waals surface area (Å²) in [6, 6.07) is 20.7. The van der Waals surface area contributed by atoms with E-state index in [1.807, 2.05) is 42.3 Å². The summed E-state index contributed by atoms with van der Waals surface area (Å²) in [6.45, 7) is 0.785. The van der Waals surface area contributed by atoms with Gasteiger partial charge in [0.25, 0.3) is 15.9 Å². The molecule has 2 heterocycles. The molecule has 0 aliphatic carbocycles. The van der Waals surface area contributed by atoms with Crippen LogP contribution in [-0.2, 0) is 10.0 Å². The number of hydrogen-bond acceptors (Lipinski definition) is 5. The molecule has 1 N–H and O–H groups in total. The smallest absolute Gasteiger partial charge is 0.284 e. The van der Waals surface area contributed by atoms with Gasteiger partial charge in [-0.05, 0) is 42.8 Å². The summed E-state index contributed by atoms with van der Waals surface area (Å²) in [5, 5.41) is 7.57. The lowest BCUT2D eigenvalue weighted by Gasteiger charge is -2.11. The normalized spacial score (nSPS) is 15.2. The molecule has 3 aromatic carbocycles. The number of benzene rings is 3. The molecule has 0 atom stereocenters. The van der Waals surface area contributed by atoms with Gasteiger partial charge in [-0.2, -0.15) is 8.42 Å². The first-order chi connectivity index (χ1) is 16.4. The van der Waals surface area contributed by atoms with Crippen molar-refractivity contribution in [2.24, 2.45) is 4.40 Å². The molecular weight excluding hydrogens is 452 g/mol. The molecule has 1 saturated heterocycles. The quantitative estimate of drug-likeness (QED) is 0.455. The van der Waals surface area contributed by atoms with Crippen LogP contribution in [0.15, 0.2) is 86.6 Å². The number of aromatic nitrogens is 1. The standard InChI is InChI=1S/C25H22N4O4S/c1-29-14-6-11-23(29)28-34(31,32)20-10-5-9-19(16-20)26-25(30)18-12-13-22-21(15-18)24(33-27-22)17-7-3-2-4-8-17/h2-5,7-10,12-13,15-16H,6,11,14H2,1H3,(H,26,30). The zero-order valence-corrected chi connectivity index (χ0v) is 19.2. The highest BCUT2D eigenvalue weighted by atomic mass is 32.2. The van der Waals surface area contributed by atoms with E-state index in [4.69, 9.17) is 4.52 Å². The third-order valence-electron chi connectivity index (χ3n) is 5.72. The molecule has 0 spiro atoms. The second-order valence-electron chi connectivity index (χ2n) is 8.10. The molecule has 9 heteroatoms. The predicted octanol–water partition coefficient (Wildman–Crippen LogP) is 4.56. The van der Waals surface area contributed by atoms with Crippen LogP contribution in [0.3, 0.4) is 0 Å². The second-order valence-corrected chi connectivity index (χ2v) is 9.70. The van der Waals surface area contributed by atoms with Crippen LogP contribution in [-0.4, -0.2) is 43.8 Å². The SMILES string of the molecule is CN1CCCC1=NS(=O)(=O)c1cccc(NC(=O)c2ccc3noc(-c4ccccc4)c3c2)c1. The molecule has 8 nitrogen and oxygen atoms in total. The fraction of sp³-hybridized carbons (Fsp3) is 0.160. The number of carbonyl (C=O) groups is 1. The molecule has 0 bridgehead atoms. The number of nitrogens with zero attached hydrogens (tertiary/aromatic N) is 3. The van der Waals surface area contributed by atoms with Crippen molar-refractivity contribution in [1.82, 2.24) is 10.1 Å². The van der Waals surface area contributed by atoms with E-state index in [2.05, 4.69) is 14.9 Å². The Morgan fingerprint density at radius 1 is 1.06 bits per heavy atom. The number of nitrogens with one attached hydrogen (secondary N) is 1. The third kappa shape index (κ3) is 4.29. The molecule has 1 aliphatic rings. The molecule has 1 fully saturated rings. The Morgan fingerprint density at radius 2 is 1.88 bits per heavy atom. The maximum Gasteiger partial charge on any atom is 0.284 e. The molecule has 0 saturated carbocycles. The van der Waals surface area contributed by atoms with Crippen molar-refractivity contribution >= 4 is 38.4 Å². The Labute approximate surface area is 197 Å². The number of likely N-dealkylation sites (tertiary alicyclic amines) is 1. The molecule has 1 aromatic heterocycles. The Hall–Kier alpha value is -3.98. The first-order valence-corrected chi connectivity index (χ1v) is 12.3. The van der Waals surface area contributed by atoms with E-state index < -0.39 is 10.0 Å². The van der Waals surface area contributed by atoms with Gasteiger partial charge in [0.15, 0.2) is 5.76 Å². The van der Waals surface area contributed by atoms with Crippen molar-refractivity contribution in [1.29, 1.82) is 0 Å². The molecule has 172 valence electrons. The van der Waals surface area contributed by atoms with E-state index in [-0.39, 0.29) is 10.8 Å². The molecule has 34 heavy (non-hydrogen) atoms. The van der Waals surface area contributed by atoms with E-state index in [9.17, 15) is 13.2 Å². The summed E-state index contributed by atoms with van der Waals surface area (Å²) in [5.41, 5.74) is 2.25. The van der Waals surface area contributed by atoms with Gasteiger partial charge in [0, 0.05) is 36.8 Å². The number of amides is 1. The Bertz CT molecular complexity index is 1510. The van der Waals surface area contributed by atoms with Crippen LogP contribution in [0.2, 0.25) is 0 Å². The first-order valence-electron chi connectivity index (χ1n) is 10.8. The lowest BCUT2D eigenvalue weighted by atomic mass is 10.1. The van der Waals surface area contributed by atoms with Gasteiger partial charge >= 0.3 is 0 Å². The van der Waals surface area contributed by atoms with Gasteiger partial charge in [0.05, 0.1) is 10.3 Å². The van der Waals surface area contributed by atoms with Crippen LogP contribution in [0, 0.1) is 0 Å². The van der Waals surface area contributed by atoms with Crippen LogP contribution in [0.5, 0.6) is 0 Å². The largest absolute Gasteiger partial charge is 0.362 e. The lowest BCUT2D eigenvalue weighted by Crippen LogP contribution is -2.20. The minimum Gasteiger partial charge on any atom is -0.362 e. The van der Waals surface area contributed by atoms with Crippen molar-refractivity contribution in [3.8, 4) is 11.3 Å². The lowest BCUT2D eigenvalue weighted by molar-refractivity contribution is 0.102. The van der Waals surface area contributed by atoms with Gasteiger partial charge in [-0.1, -0.05) is 41.6 Å². The maximum atomic E-state index is 13.0. The minimum absolute atomic E-state index is 0.0268. The van der Waals surface area contributed by atoms with Crippen molar-refractivity contribution < 1.29 is 17.7 Å². The topological polar surface area (TPSA) is 105 Å². The minimum atomic E-state index is -3.88. The van der Waals surface area contributed by atoms with Crippen LogP contribution in [0.1, 0.15) is 23.2 Å². The van der Waals surface area contributed by atoms with E-state index in [0.29, 0.717) is 40.2 Å². The maximum absolute atomic E-state index is 13.0. The molecule has 1 aliphatic heterocycles. The highest BCUT2D eigenvalue weighted by Crippen LogP contribution is 2.29. The summed E-state index contributed by atoms with van der Waals surface area (Å²) in [6.07, 6.45) is 1.51. The van der Waals surface area contributed by atoms with Crippen LogP contribution >= 0.6 is 0 Å². The molecule has 0 unspecified atom stereocenters. The van der Waals surface area contributed by atoms with Crippen LogP contribution in [0.25, 0.3) is 22.2 Å². The molecule has 0 radical (unpaired) electrons. The third-order valence-corrected chi connectivity index (χ3v) is 7.03. The molecular formula is C25H22N4O4S. The van der Waals surface area contributed by atoms with Crippen molar-refractivity contribution in [3.63, 3.8) is 0 Å². The Balaban J connectivity index is 1.41. The summed E-state index contributed by atoms with van der Waals surface area (Å²) >= 11 is 0. The summed E-state index contributed by atoms with van der Waals surface area (Å²) in [5.74, 6) is 0.749. The fourth-order valence-electron chi connectivity index (χ4n) is 3.92. The van der Waals surface area contributed by atoms with Gasteiger partial charge in [-0.15, -0.1) is 4.40 Å². The highest BCUT2D eigenvalue weighted by molar-refractivity contribution is 7.90. The van der Waals surface area contributed by atoms with E-state index in [1.165, 1.54) is 12.1 Å². The zero-order valence-electron chi connectivity index (χ0n) is 18.4. The van der Waals surface area contributed by atoms with Gasteiger partial charge in [0.1, 0.15) is 11.4 Å². The number of fused-ring (bicyclic) bond motifs is 1. The monoisotopic (exact) mass is 474 g/mol.